The van der Waals surface area contributed by atoms with E-state index in [1.807, 2.05) is 53.5 Å². The fourth-order valence-electron chi connectivity index (χ4n) is 4.45. The molecule has 2 aromatic carbocycles. The Kier molecular flexibility index (Phi) is 5.73. The van der Waals surface area contributed by atoms with Gasteiger partial charge in [0.05, 0.1) is 18.2 Å². The van der Waals surface area contributed by atoms with Gasteiger partial charge >= 0.3 is 0 Å². The van der Waals surface area contributed by atoms with Crippen LogP contribution in [0.15, 0.2) is 85.0 Å². The van der Waals surface area contributed by atoms with Gasteiger partial charge in [-0.15, -0.1) is 0 Å². The summed E-state index contributed by atoms with van der Waals surface area (Å²) in [7, 11) is 0. The second kappa shape index (κ2) is 8.57. The van der Waals surface area contributed by atoms with E-state index in [1.54, 1.807) is 0 Å². The van der Waals surface area contributed by atoms with E-state index in [1.165, 1.54) is 0 Å². The van der Waals surface area contributed by atoms with Crippen molar-refractivity contribution in [2.45, 2.75) is 43.9 Å². The van der Waals surface area contributed by atoms with Crippen LogP contribution in [0.4, 0.5) is 0 Å². The molecule has 1 saturated heterocycles. The maximum atomic E-state index is 13.5. The van der Waals surface area contributed by atoms with E-state index in [2.05, 4.69) is 36.4 Å². The smallest absolute Gasteiger partial charge is 0.226 e. The predicted octanol–water partition coefficient (Wildman–Crippen LogP) is 3.93. The Hall–Kier alpha value is -2.65. The molecule has 0 bridgehead atoms. The van der Waals surface area contributed by atoms with Gasteiger partial charge in [-0.3, -0.25) is 4.79 Å². The van der Waals surface area contributed by atoms with Gasteiger partial charge in [0.1, 0.15) is 0 Å². The van der Waals surface area contributed by atoms with Crippen LogP contribution in [0.2, 0.25) is 0 Å². The lowest BCUT2D eigenvalue weighted by Crippen LogP contribution is -2.59. The van der Waals surface area contributed by atoms with Gasteiger partial charge in [-0.2, -0.15) is 0 Å². The van der Waals surface area contributed by atoms with Crippen molar-refractivity contribution in [3.05, 3.63) is 96.1 Å². The monoisotopic (exact) mass is 373 g/mol. The number of hydrogen-bond donors (Lipinski definition) is 1. The van der Waals surface area contributed by atoms with Crippen molar-refractivity contribution in [1.82, 2.24) is 4.90 Å². The summed E-state index contributed by atoms with van der Waals surface area (Å²) in [6.07, 6.45) is 10.4. The van der Waals surface area contributed by atoms with Gasteiger partial charge in [0.25, 0.3) is 0 Å². The summed E-state index contributed by atoms with van der Waals surface area (Å²) in [6.45, 7) is 0. The van der Waals surface area contributed by atoms with Crippen molar-refractivity contribution >= 4 is 5.91 Å². The SMILES string of the molecule is O=C1[C@@H](Cc2ccccc2)CC(O)[C@@H](Cc2ccccc2)N1C1C=CC=CC1. The first-order valence-corrected chi connectivity index (χ1v) is 10.1. The topological polar surface area (TPSA) is 40.5 Å². The van der Waals surface area contributed by atoms with Gasteiger partial charge < -0.3 is 10.0 Å². The van der Waals surface area contributed by atoms with E-state index in [-0.39, 0.29) is 23.9 Å². The first kappa shape index (κ1) is 18.7. The average molecular weight is 373 g/mol. The van der Waals surface area contributed by atoms with E-state index in [9.17, 15) is 9.90 Å². The van der Waals surface area contributed by atoms with E-state index < -0.39 is 6.10 Å². The Morgan fingerprint density at radius 2 is 1.54 bits per heavy atom. The third-order valence-electron chi connectivity index (χ3n) is 5.86. The highest BCUT2D eigenvalue weighted by molar-refractivity contribution is 5.81. The molecule has 2 unspecified atom stereocenters. The Bertz CT molecular complexity index is 843. The standard InChI is InChI=1S/C25H27NO2/c27-24-18-21(16-19-10-4-1-5-11-19)25(28)26(22-14-8-3-9-15-22)23(24)17-20-12-6-2-7-13-20/h1-14,21-24,27H,15-18H2/t21-,22?,23+,24?/m0/s1. The van der Waals surface area contributed by atoms with Crippen LogP contribution in [0.5, 0.6) is 0 Å². The molecule has 3 nitrogen and oxygen atoms in total. The number of aliphatic hydroxyl groups is 1. The molecule has 0 saturated carbocycles. The predicted molar refractivity (Wildman–Crippen MR) is 112 cm³/mol. The quantitative estimate of drug-likeness (QED) is 0.863. The second-order valence-corrected chi connectivity index (χ2v) is 7.81. The lowest BCUT2D eigenvalue weighted by atomic mass is 9.82. The maximum Gasteiger partial charge on any atom is 0.226 e. The molecule has 0 spiro atoms. The van der Waals surface area contributed by atoms with Gasteiger partial charge in [0.15, 0.2) is 0 Å². The summed E-state index contributed by atoms with van der Waals surface area (Å²) >= 11 is 0. The van der Waals surface area contributed by atoms with Crippen LogP contribution in [0.1, 0.15) is 24.0 Å². The number of carbonyl (C=O) groups excluding carboxylic acids is 1. The summed E-state index contributed by atoms with van der Waals surface area (Å²) in [4.78, 5) is 15.5. The number of benzene rings is 2. The van der Waals surface area contributed by atoms with Gasteiger partial charge in [-0.25, -0.2) is 0 Å². The molecule has 3 heteroatoms. The molecule has 0 aromatic heterocycles. The highest BCUT2D eigenvalue weighted by Gasteiger charge is 2.43. The van der Waals surface area contributed by atoms with Gasteiger partial charge in [-0.05, 0) is 36.8 Å². The molecular formula is C25H27NO2. The van der Waals surface area contributed by atoms with Crippen LogP contribution in [-0.4, -0.2) is 34.1 Å². The summed E-state index contributed by atoms with van der Waals surface area (Å²) in [6, 6.07) is 20.1. The first-order chi connectivity index (χ1) is 13.7. The molecule has 1 aliphatic heterocycles. The van der Waals surface area contributed by atoms with Crippen LogP contribution in [-0.2, 0) is 17.6 Å². The van der Waals surface area contributed by atoms with E-state index in [0.29, 0.717) is 19.3 Å². The van der Waals surface area contributed by atoms with Crippen LogP contribution in [0, 0.1) is 5.92 Å². The van der Waals surface area contributed by atoms with Crippen LogP contribution in [0.3, 0.4) is 0 Å². The zero-order valence-electron chi connectivity index (χ0n) is 16.0. The first-order valence-electron chi connectivity index (χ1n) is 10.1. The van der Waals surface area contributed by atoms with E-state index >= 15 is 0 Å². The molecule has 2 aliphatic rings. The van der Waals surface area contributed by atoms with Gasteiger partial charge in [0.2, 0.25) is 5.91 Å². The minimum Gasteiger partial charge on any atom is -0.391 e. The molecule has 2 aromatic rings. The number of rotatable bonds is 5. The number of piperidine rings is 1. The molecule has 1 amide bonds. The highest BCUT2D eigenvalue weighted by Crippen LogP contribution is 2.32. The Morgan fingerprint density at radius 3 is 2.14 bits per heavy atom. The molecule has 1 fully saturated rings. The zero-order valence-corrected chi connectivity index (χ0v) is 16.0. The number of allylic oxidation sites excluding steroid dienone is 2. The minimum atomic E-state index is -0.522. The third-order valence-corrected chi connectivity index (χ3v) is 5.86. The number of amides is 1. The zero-order chi connectivity index (χ0) is 19.3. The fraction of sp³-hybridized carbons (Fsp3) is 0.320. The Morgan fingerprint density at radius 1 is 0.893 bits per heavy atom. The molecule has 1 heterocycles. The van der Waals surface area contributed by atoms with Gasteiger partial charge in [0, 0.05) is 5.92 Å². The molecule has 0 radical (unpaired) electrons. The minimum absolute atomic E-state index is 0.0134. The summed E-state index contributed by atoms with van der Waals surface area (Å²) in [5.74, 6) is -0.0104. The number of likely N-dealkylation sites (tertiary alicyclic amines) is 1. The maximum absolute atomic E-state index is 13.5. The highest BCUT2D eigenvalue weighted by atomic mass is 16.3. The summed E-state index contributed by atoms with van der Waals surface area (Å²) in [5.41, 5.74) is 2.30. The van der Waals surface area contributed by atoms with E-state index in [0.717, 1.165) is 17.5 Å². The van der Waals surface area contributed by atoms with Crippen LogP contribution >= 0.6 is 0 Å². The second-order valence-electron chi connectivity index (χ2n) is 7.81. The average Bonchev–Trinajstić information content (AvgIpc) is 2.74. The van der Waals surface area contributed by atoms with Crippen molar-refractivity contribution in [2.75, 3.05) is 0 Å². The fourth-order valence-corrected chi connectivity index (χ4v) is 4.45. The molecular weight excluding hydrogens is 346 g/mol. The lowest BCUT2D eigenvalue weighted by Gasteiger charge is -2.46. The molecule has 144 valence electrons. The Balaban J connectivity index is 1.60. The van der Waals surface area contributed by atoms with Gasteiger partial charge in [-0.1, -0.05) is 85.0 Å². The van der Waals surface area contributed by atoms with Crippen molar-refractivity contribution in [3.8, 4) is 0 Å². The molecule has 4 rings (SSSR count). The van der Waals surface area contributed by atoms with Crippen molar-refractivity contribution in [3.63, 3.8) is 0 Å². The molecule has 1 N–H and O–H groups in total. The van der Waals surface area contributed by atoms with Crippen LogP contribution < -0.4 is 0 Å². The third kappa shape index (κ3) is 4.10. The van der Waals surface area contributed by atoms with Crippen molar-refractivity contribution < 1.29 is 9.90 Å². The van der Waals surface area contributed by atoms with E-state index in [4.69, 9.17) is 0 Å². The largest absolute Gasteiger partial charge is 0.391 e. The summed E-state index contributed by atoms with van der Waals surface area (Å²) < 4.78 is 0. The number of hydrogen-bond acceptors (Lipinski definition) is 2. The Labute approximate surface area is 167 Å². The lowest BCUT2D eigenvalue weighted by molar-refractivity contribution is -0.151. The summed E-state index contributed by atoms with van der Waals surface area (Å²) in [5, 5.41) is 11.1. The molecule has 28 heavy (non-hydrogen) atoms. The number of aliphatic hydroxyl groups excluding tert-OH is 1. The van der Waals surface area contributed by atoms with Crippen molar-refractivity contribution in [2.24, 2.45) is 5.92 Å². The van der Waals surface area contributed by atoms with Crippen molar-refractivity contribution in [1.29, 1.82) is 0 Å². The van der Waals surface area contributed by atoms with Crippen LogP contribution in [0.25, 0.3) is 0 Å². The molecule has 1 aliphatic carbocycles. The molecule has 4 atom stereocenters. The number of nitrogens with zero attached hydrogens (tertiary/aromatic N) is 1. The number of carbonyl (C=O) groups is 1. The normalized spacial score (nSPS) is 27.2.